The van der Waals surface area contributed by atoms with Crippen LogP contribution in [0.2, 0.25) is 0 Å². The van der Waals surface area contributed by atoms with Crippen molar-refractivity contribution in [2.45, 2.75) is 17.8 Å². The number of aromatic nitrogens is 4. The Balaban J connectivity index is 1.52. The third-order valence-electron chi connectivity index (χ3n) is 3.66. The Hall–Kier alpha value is -3.00. The number of hydrogen-bond donors (Lipinski definition) is 1. The molecule has 0 aliphatic heterocycles. The molecule has 0 bridgehead atoms. The summed E-state index contributed by atoms with van der Waals surface area (Å²) in [6.45, 7) is 1.90. The maximum atomic E-state index is 6.06. The molecule has 0 unspecified atom stereocenters. The third-order valence-corrected chi connectivity index (χ3v) is 4.61. The summed E-state index contributed by atoms with van der Waals surface area (Å²) >= 11 is 1.44. The van der Waals surface area contributed by atoms with E-state index < -0.39 is 0 Å². The van der Waals surface area contributed by atoms with E-state index in [4.69, 9.17) is 14.7 Å². The number of rotatable bonds is 5. The van der Waals surface area contributed by atoms with Crippen LogP contribution in [0.25, 0.3) is 23.0 Å². The van der Waals surface area contributed by atoms with E-state index in [2.05, 4.69) is 15.2 Å². The molecule has 4 rings (SSSR count). The molecule has 2 N–H and O–H groups in total. The molecule has 0 saturated carbocycles. The molecule has 126 valence electrons. The zero-order valence-electron chi connectivity index (χ0n) is 13.4. The third kappa shape index (κ3) is 3.03. The highest BCUT2D eigenvalue weighted by molar-refractivity contribution is 7.98. The number of nitrogens with zero attached hydrogens (tertiary/aromatic N) is 4. The molecular formula is C17H15N5O2S. The van der Waals surface area contributed by atoms with Crippen molar-refractivity contribution < 1.29 is 8.83 Å². The van der Waals surface area contributed by atoms with E-state index >= 15 is 0 Å². The topological polar surface area (TPSA) is 95.9 Å². The Morgan fingerprint density at radius 2 is 1.96 bits per heavy atom. The Bertz CT molecular complexity index is 976. The monoisotopic (exact) mass is 353 g/mol. The van der Waals surface area contributed by atoms with Gasteiger partial charge in [0.2, 0.25) is 16.9 Å². The smallest absolute Gasteiger partial charge is 0.226 e. The van der Waals surface area contributed by atoms with E-state index in [0.29, 0.717) is 28.4 Å². The lowest BCUT2D eigenvalue weighted by Crippen LogP contribution is -2.11. The van der Waals surface area contributed by atoms with Crippen molar-refractivity contribution in [1.82, 2.24) is 19.9 Å². The number of thioether (sulfide) groups is 1. The summed E-state index contributed by atoms with van der Waals surface area (Å²) in [5.41, 5.74) is 1.80. The van der Waals surface area contributed by atoms with E-state index in [0.717, 1.165) is 17.0 Å². The van der Waals surface area contributed by atoms with Crippen molar-refractivity contribution >= 4 is 11.8 Å². The molecule has 0 fully saturated rings. The van der Waals surface area contributed by atoms with E-state index in [1.807, 2.05) is 37.3 Å². The highest BCUT2D eigenvalue weighted by Gasteiger charge is 2.16. The van der Waals surface area contributed by atoms with Crippen molar-refractivity contribution in [2.75, 3.05) is 5.84 Å². The van der Waals surface area contributed by atoms with Crippen LogP contribution in [0.4, 0.5) is 0 Å². The molecule has 3 heterocycles. The van der Waals surface area contributed by atoms with E-state index in [-0.39, 0.29) is 0 Å². The van der Waals surface area contributed by atoms with Crippen LogP contribution in [0.1, 0.15) is 11.5 Å². The first-order chi connectivity index (χ1) is 12.2. The summed E-state index contributed by atoms with van der Waals surface area (Å²) in [7, 11) is 0. The second-order valence-electron chi connectivity index (χ2n) is 5.33. The van der Waals surface area contributed by atoms with Crippen LogP contribution in [0.15, 0.2) is 62.7 Å². The largest absolute Gasteiger partial charge is 0.461 e. The van der Waals surface area contributed by atoms with Crippen molar-refractivity contribution in [1.29, 1.82) is 0 Å². The van der Waals surface area contributed by atoms with E-state index in [1.165, 1.54) is 16.4 Å². The molecular weight excluding hydrogens is 338 g/mol. The van der Waals surface area contributed by atoms with Crippen LogP contribution in [-0.4, -0.2) is 19.9 Å². The average molecular weight is 353 g/mol. The normalized spacial score (nSPS) is 11.1. The minimum Gasteiger partial charge on any atom is -0.461 e. The number of aryl methyl sites for hydroxylation is 1. The Labute approximate surface area is 147 Å². The van der Waals surface area contributed by atoms with E-state index in [9.17, 15) is 0 Å². The summed E-state index contributed by atoms with van der Waals surface area (Å²) < 4.78 is 12.5. The van der Waals surface area contributed by atoms with Crippen molar-refractivity contribution in [2.24, 2.45) is 0 Å². The fourth-order valence-corrected chi connectivity index (χ4v) is 3.21. The zero-order chi connectivity index (χ0) is 17.2. The second kappa shape index (κ2) is 6.48. The minimum absolute atomic E-state index is 0.481. The SMILES string of the molecule is Cc1oc(-c2ccccc2)nc1CSc1nnc(-c2ccco2)n1N. The van der Waals surface area contributed by atoms with Gasteiger partial charge in [0.05, 0.1) is 12.0 Å². The summed E-state index contributed by atoms with van der Waals surface area (Å²) in [5.74, 6) is 9.08. The van der Waals surface area contributed by atoms with Gasteiger partial charge >= 0.3 is 0 Å². The van der Waals surface area contributed by atoms with E-state index in [1.54, 1.807) is 18.4 Å². The van der Waals surface area contributed by atoms with Gasteiger partial charge in [-0.15, -0.1) is 10.2 Å². The van der Waals surface area contributed by atoms with Crippen LogP contribution >= 0.6 is 11.8 Å². The fourth-order valence-electron chi connectivity index (χ4n) is 2.35. The molecule has 3 aromatic heterocycles. The summed E-state index contributed by atoms with van der Waals surface area (Å²) in [5, 5.41) is 8.77. The molecule has 4 aromatic rings. The average Bonchev–Trinajstić information content (AvgIpc) is 3.35. The Kier molecular flexibility index (Phi) is 4.02. The maximum Gasteiger partial charge on any atom is 0.226 e. The van der Waals surface area contributed by atoms with Crippen molar-refractivity contribution in [3.8, 4) is 23.0 Å². The maximum absolute atomic E-state index is 6.06. The fraction of sp³-hybridized carbons (Fsp3) is 0.118. The zero-order valence-corrected chi connectivity index (χ0v) is 14.2. The number of nitrogens with two attached hydrogens (primary N) is 1. The molecule has 0 atom stereocenters. The molecule has 0 aliphatic carbocycles. The predicted octanol–water partition coefficient (Wildman–Crippen LogP) is 3.51. The molecule has 0 amide bonds. The predicted molar refractivity (Wildman–Crippen MR) is 94.1 cm³/mol. The van der Waals surface area contributed by atoms with Gasteiger partial charge in [0, 0.05) is 11.3 Å². The second-order valence-corrected chi connectivity index (χ2v) is 6.27. The lowest BCUT2D eigenvalue weighted by atomic mass is 10.2. The molecule has 0 spiro atoms. The first-order valence-corrected chi connectivity index (χ1v) is 8.60. The van der Waals surface area contributed by atoms with Crippen molar-refractivity contribution in [3.05, 3.63) is 60.2 Å². The number of furan rings is 1. The lowest BCUT2D eigenvalue weighted by molar-refractivity contribution is 0.540. The summed E-state index contributed by atoms with van der Waals surface area (Å²) in [4.78, 5) is 4.58. The summed E-state index contributed by atoms with van der Waals surface area (Å²) in [6.07, 6.45) is 1.57. The molecule has 8 heteroatoms. The highest BCUT2D eigenvalue weighted by Crippen LogP contribution is 2.28. The van der Waals surface area contributed by atoms with Gasteiger partial charge in [0.1, 0.15) is 5.76 Å². The molecule has 0 radical (unpaired) electrons. The first kappa shape index (κ1) is 15.5. The van der Waals surface area contributed by atoms with Gasteiger partial charge in [-0.25, -0.2) is 9.66 Å². The highest BCUT2D eigenvalue weighted by atomic mass is 32.2. The number of oxazole rings is 1. The summed E-state index contributed by atoms with van der Waals surface area (Å²) in [6, 6.07) is 13.4. The Morgan fingerprint density at radius 1 is 1.12 bits per heavy atom. The standard InChI is InChI=1S/C17H15N5O2S/c1-11-13(19-16(24-11)12-6-3-2-4-7-12)10-25-17-21-20-15(22(17)18)14-8-5-9-23-14/h2-9H,10,18H2,1H3. The van der Waals surface area contributed by atoms with Gasteiger partial charge in [0.15, 0.2) is 5.76 Å². The molecule has 25 heavy (non-hydrogen) atoms. The van der Waals surface area contributed by atoms with Gasteiger partial charge in [0.25, 0.3) is 0 Å². The lowest BCUT2D eigenvalue weighted by Gasteiger charge is -2.00. The van der Waals surface area contributed by atoms with Gasteiger partial charge in [-0.2, -0.15) is 0 Å². The first-order valence-electron chi connectivity index (χ1n) is 7.61. The number of nitrogen functional groups attached to an aromatic ring is 1. The molecule has 7 nitrogen and oxygen atoms in total. The minimum atomic E-state index is 0.481. The van der Waals surface area contributed by atoms with Crippen LogP contribution in [0.3, 0.4) is 0 Å². The van der Waals surface area contributed by atoms with Crippen LogP contribution in [0.5, 0.6) is 0 Å². The van der Waals surface area contributed by atoms with Crippen LogP contribution in [0, 0.1) is 6.92 Å². The van der Waals surface area contributed by atoms with Crippen LogP contribution in [-0.2, 0) is 5.75 Å². The van der Waals surface area contributed by atoms with Gasteiger partial charge < -0.3 is 14.7 Å². The molecule has 0 saturated heterocycles. The van der Waals surface area contributed by atoms with Crippen LogP contribution < -0.4 is 5.84 Å². The quantitative estimate of drug-likeness (QED) is 0.433. The number of hydrogen-bond acceptors (Lipinski definition) is 7. The molecule has 1 aromatic carbocycles. The van der Waals surface area contributed by atoms with Gasteiger partial charge in [-0.1, -0.05) is 30.0 Å². The number of benzene rings is 1. The molecule has 0 aliphatic rings. The van der Waals surface area contributed by atoms with Gasteiger partial charge in [-0.3, -0.25) is 0 Å². The van der Waals surface area contributed by atoms with Gasteiger partial charge in [-0.05, 0) is 31.2 Å². The Morgan fingerprint density at radius 3 is 2.72 bits per heavy atom. The van der Waals surface area contributed by atoms with Crippen molar-refractivity contribution in [3.63, 3.8) is 0 Å².